The van der Waals surface area contributed by atoms with Crippen molar-refractivity contribution in [1.82, 2.24) is 14.5 Å². The molecule has 0 bridgehead atoms. The highest BCUT2D eigenvalue weighted by Gasteiger charge is 2.20. The van der Waals surface area contributed by atoms with Gasteiger partial charge in [0.1, 0.15) is 11.6 Å². The third-order valence-electron chi connectivity index (χ3n) is 4.27. The number of nitrogens with zero attached hydrogens (tertiary/aromatic N) is 3. The van der Waals surface area contributed by atoms with Crippen molar-refractivity contribution in [2.45, 2.75) is 25.3 Å². The molecular weight excluding hydrogens is 357 g/mol. The summed E-state index contributed by atoms with van der Waals surface area (Å²) in [4.78, 5) is 6.83. The summed E-state index contributed by atoms with van der Waals surface area (Å²) in [5.41, 5.74) is 1.64. The summed E-state index contributed by atoms with van der Waals surface area (Å²) in [7, 11) is 2.16. The second kappa shape index (κ2) is 6.23. The van der Waals surface area contributed by atoms with E-state index < -0.39 is 0 Å². The lowest BCUT2D eigenvalue weighted by molar-refractivity contribution is 0.205. The molecule has 0 aliphatic carbocycles. The van der Waals surface area contributed by atoms with Crippen LogP contribution in [0.25, 0.3) is 11.0 Å². The number of hydrogen-bond donors (Lipinski definition) is 0. The van der Waals surface area contributed by atoms with Crippen LogP contribution in [0.2, 0.25) is 0 Å². The molecule has 3 rings (SSSR count). The fraction of sp³-hybridized carbons (Fsp3) is 0.533. The molecular formula is C15H18BrClFN3. The van der Waals surface area contributed by atoms with Gasteiger partial charge in [0.15, 0.2) is 0 Å². The number of rotatable bonds is 3. The van der Waals surface area contributed by atoms with E-state index in [2.05, 4.69) is 37.4 Å². The van der Waals surface area contributed by atoms with Gasteiger partial charge in [0.25, 0.3) is 0 Å². The summed E-state index contributed by atoms with van der Waals surface area (Å²) in [6.07, 6.45) is 2.36. The third-order valence-corrected chi connectivity index (χ3v) is 5.11. The highest BCUT2D eigenvalue weighted by molar-refractivity contribution is 9.10. The van der Waals surface area contributed by atoms with Gasteiger partial charge in [-0.3, -0.25) is 0 Å². The Bertz CT molecular complexity index is 650. The molecule has 1 aromatic carbocycles. The van der Waals surface area contributed by atoms with E-state index in [-0.39, 0.29) is 5.82 Å². The van der Waals surface area contributed by atoms with Crippen LogP contribution in [0.15, 0.2) is 16.6 Å². The number of hydrogen-bond acceptors (Lipinski definition) is 2. The molecule has 1 saturated heterocycles. The molecule has 6 heteroatoms. The number of fused-ring (bicyclic) bond motifs is 1. The lowest BCUT2D eigenvalue weighted by atomic mass is 9.97. The average Bonchev–Trinajstić information content (AvgIpc) is 2.79. The maximum Gasteiger partial charge on any atom is 0.139 e. The number of imidazole rings is 1. The molecule has 0 N–H and O–H groups in total. The Hall–Kier alpha value is -0.650. The average molecular weight is 375 g/mol. The van der Waals surface area contributed by atoms with Crippen molar-refractivity contribution in [3.63, 3.8) is 0 Å². The first kappa shape index (κ1) is 15.3. The van der Waals surface area contributed by atoms with E-state index in [4.69, 9.17) is 11.6 Å². The number of halogens is 3. The summed E-state index contributed by atoms with van der Waals surface area (Å²) in [5.74, 6) is 1.51. The summed E-state index contributed by atoms with van der Waals surface area (Å²) in [6, 6.07) is 3.28. The smallest absolute Gasteiger partial charge is 0.139 e. The first-order valence-corrected chi connectivity index (χ1v) is 8.50. The van der Waals surface area contributed by atoms with Crippen LogP contribution >= 0.6 is 27.5 Å². The summed E-state index contributed by atoms with van der Waals surface area (Å²) < 4.78 is 16.3. The summed E-state index contributed by atoms with van der Waals surface area (Å²) in [6.45, 7) is 3.17. The largest absolute Gasteiger partial charge is 0.327 e. The van der Waals surface area contributed by atoms with Crippen LogP contribution in [0.1, 0.15) is 18.7 Å². The first-order valence-electron chi connectivity index (χ1n) is 7.17. The van der Waals surface area contributed by atoms with Gasteiger partial charge in [0.2, 0.25) is 0 Å². The summed E-state index contributed by atoms with van der Waals surface area (Å²) >= 11 is 9.29. The van der Waals surface area contributed by atoms with Gasteiger partial charge in [-0.2, -0.15) is 0 Å². The van der Waals surface area contributed by atoms with Crippen molar-refractivity contribution < 1.29 is 4.39 Å². The molecule has 0 radical (unpaired) electrons. The zero-order chi connectivity index (χ0) is 15.0. The minimum atomic E-state index is -0.285. The lowest BCUT2D eigenvalue weighted by Crippen LogP contribution is -2.32. The fourth-order valence-corrected chi connectivity index (χ4v) is 3.51. The maximum absolute atomic E-state index is 13.7. The monoisotopic (exact) mass is 373 g/mol. The fourth-order valence-electron chi connectivity index (χ4n) is 2.98. The standard InChI is InChI=1S/C15H18BrClFN3/c1-20-4-2-10(3-5-20)9-21-14-6-11(16)12(18)7-13(14)19-15(21)8-17/h6-7,10H,2-5,8-9H2,1H3. The van der Waals surface area contributed by atoms with Crippen LogP contribution in [0.3, 0.4) is 0 Å². The number of benzene rings is 1. The molecule has 0 unspecified atom stereocenters. The van der Waals surface area contributed by atoms with Gasteiger partial charge in [0.05, 0.1) is 21.4 Å². The Kier molecular flexibility index (Phi) is 4.52. The zero-order valence-corrected chi connectivity index (χ0v) is 14.3. The number of alkyl halides is 1. The number of likely N-dealkylation sites (tertiary alicyclic amines) is 1. The Morgan fingerprint density at radius 2 is 2.10 bits per heavy atom. The molecule has 0 saturated carbocycles. The van der Waals surface area contributed by atoms with E-state index in [9.17, 15) is 4.39 Å². The Labute approximate surface area is 137 Å². The Balaban J connectivity index is 1.94. The van der Waals surface area contributed by atoms with Crippen molar-refractivity contribution >= 4 is 38.6 Å². The molecule has 1 aromatic heterocycles. The molecule has 2 heterocycles. The van der Waals surface area contributed by atoms with Crippen LogP contribution in [0.4, 0.5) is 4.39 Å². The van der Waals surface area contributed by atoms with E-state index in [0.29, 0.717) is 21.8 Å². The molecule has 0 atom stereocenters. The molecule has 0 amide bonds. The predicted octanol–water partition coefficient (Wildman–Crippen LogP) is 4.02. The van der Waals surface area contributed by atoms with Gasteiger partial charge in [-0.25, -0.2) is 9.37 Å². The van der Waals surface area contributed by atoms with Crippen LogP contribution in [0.5, 0.6) is 0 Å². The molecule has 2 aromatic rings. The van der Waals surface area contributed by atoms with Gasteiger partial charge in [-0.05, 0) is 60.9 Å². The highest BCUT2D eigenvalue weighted by Crippen LogP contribution is 2.27. The lowest BCUT2D eigenvalue weighted by Gasteiger charge is -2.29. The molecule has 1 aliphatic rings. The van der Waals surface area contributed by atoms with Gasteiger partial charge in [-0.1, -0.05) is 0 Å². The second-order valence-electron chi connectivity index (χ2n) is 5.77. The molecule has 1 fully saturated rings. The van der Waals surface area contributed by atoms with Crippen LogP contribution in [0, 0.1) is 11.7 Å². The maximum atomic E-state index is 13.7. The summed E-state index contributed by atoms with van der Waals surface area (Å²) in [5, 5.41) is 0. The van der Waals surface area contributed by atoms with Crippen LogP contribution in [-0.4, -0.2) is 34.6 Å². The van der Waals surface area contributed by atoms with E-state index in [1.165, 1.54) is 18.9 Å². The van der Waals surface area contributed by atoms with E-state index in [1.54, 1.807) is 0 Å². The minimum absolute atomic E-state index is 0.285. The molecule has 3 nitrogen and oxygen atoms in total. The van der Waals surface area contributed by atoms with Gasteiger partial charge in [-0.15, -0.1) is 11.6 Å². The Morgan fingerprint density at radius 1 is 1.38 bits per heavy atom. The number of aromatic nitrogens is 2. The number of piperidine rings is 1. The van der Waals surface area contributed by atoms with Gasteiger partial charge >= 0.3 is 0 Å². The highest BCUT2D eigenvalue weighted by atomic mass is 79.9. The van der Waals surface area contributed by atoms with Crippen molar-refractivity contribution in [2.24, 2.45) is 5.92 Å². The van der Waals surface area contributed by atoms with Crippen LogP contribution in [-0.2, 0) is 12.4 Å². The van der Waals surface area contributed by atoms with Crippen molar-refractivity contribution in [3.05, 3.63) is 28.2 Å². The zero-order valence-electron chi connectivity index (χ0n) is 12.0. The van der Waals surface area contributed by atoms with Crippen molar-refractivity contribution in [2.75, 3.05) is 20.1 Å². The van der Waals surface area contributed by atoms with E-state index >= 15 is 0 Å². The minimum Gasteiger partial charge on any atom is -0.327 e. The second-order valence-corrected chi connectivity index (χ2v) is 6.90. The molecule has 21 heavy (non-hydrogen) atoms. The molecule has 0 spiro atoms. The van der Waals surface area contributed by atoms with Gasteiger partial charge in [0, 0.05) is 12.6 Å². The SMILES string of the molecule is CN1CCC(Cn2c(CCl)nc3cc(F)c(Br)cc32)CC1. The first-order chi connectivity index (χ1) is 10.1. The normalized spacial score (nSPS) is 17.7. The third kappa shape index (κ3) is 3.10. The molecule has 114 valence electrons. The van der Waals surface area contributed by atoms with E-state index in [0.717, 1.165) is 31.0 Å². The van der Waals surface area contributed by atoms with Crippen molar-refractivity contribution in [3.8, 4) is 0 Å². The van der Waals surface area contributed by atoms with Crippen molar-refractivity contribution in [1.29, 1.82) is 0 Å². The van der Waals surface area contributed by atoms with E-state index in [1.807, 2.05) is 6.07 Å². The van der Waals surface area contributed by atoms with Gasteiger partial charge < -0.3 is 9.47 Å². The Morgan fingerprint density at radius 3 is 2.76 bits per heavy atom. The quantitative estimate of drug-likeness (QED) is 0.757. The van der Waals surface area contributed by atoms with Crippen LogP contribution < -0.4 is 0 Å². The topological polar surface area (TPSA) is 21.1 Å². The predicted molar refractivity (Wildman–Crippen MR) is 87.2 cm³/mol. The molecule has 1 aliphatic heterocycles.